The number of benzene rings is 2. The lowest BCUT2D eigenvalue weighted by Gasteiger charge is -2.30. The van der Waals surface area contributed by atoms with Crippen LogP contribution in [-0.2, 0) is 24.7 Å². The number of fused-ring (bicyclic) bond motifs is 1. The van der Waals surface area contributed by atoms with Crippen molar-refractivity contribution in [3.8, 4) is 5.75 Å². The molecule has 0 radical (unpaired) electrons. The number of carbonyl (C=O) groups is 3. The van der Waals surface area contributed by atoms with Crippen LogP contribution in [0.25, 0.3) is 16.8 Å². The molecule has 1 aliphatic heterocycles. The van der Waals surface area contributed by atoms with E-state index in [1.54, 1.807) is 19.3 Å². The number of alkyl carbamates (subject to hydrolysis) is 1. The minimum atomic E-state index is -1.15. The molecule has 9 nitrogen and oxygen atoms in total. The molecular weight excluding hydrogens is 572 g/mol. The number of likely N-dealkylation sites (tertiary alicyclic amines) is 1. The van der Waals surface area contributed by atoms with Gasteiger partial charge in [-0.2, -0.15) is 0 Å². The number of allylic oxidation sites excluding steroid dienone is 2. The zero-order valence-electron chi connectivity index (χ0n) is 27.1. The Morgan fingerprint density at radius 3 is 2.47 bits per heavy atom. The van der Waals surface area contributed by atoms with Gasteiger partial charge in [0.25, 0.3) is 0 Å². The van der Waals surface area contributed by atoms with Crippen molar-refractivity contribution >= 4 is 34.8 Å². The van der Waals surface area contributed by atoms with Crippen molar-refractivity contribution in [2.75, 3.05) is 27.4 Å². The molecule has 3 rings (SSSR count). The van der Waals surface area contributed by atoms with E-state index in [1.165, 1.54) is 12.0 Å². The zero-order valence-corrected chi connectivity index (χ0v) is 27.1. The minimum absolute atomic E-state index is 0.00529. The Bertz CT molecular complexity index is 1400. The summed E-state index contributed by atoms with van der Waals surface area (Å²) in [5.41, 5.74) is 0.173. The zero-order chi connectivity index (χ0) is 33.2. The lowest BCUT2D eigenvalue weighted by Crippen LogP contribution is -2.52. The number of rotatable bonds is 17. The Morgan fingerprint density at radius 2 is 1.84 bits per heavy atom. The van der Waals surface area contributed by atoms with Crippen LogP contribution in [-0.4, -0.2) is 67.4 Å². The van der Waals surface area contributed by atoms with Gasteiger partial charge in [-0.1, -0.05) is 63.6 Å². The second kappa shape index (κ2) is 15.8. The molecule has 2 aromatic carbocycles. The van der Waals surface area contributed by atoms with Crippen molar-refractivity contribution in [3.63, 3.8) is 0 Å². The lowest BCUT2D eigenvalue weighted by atomic mass is 9.89. The third-order valence-corrected chi connectivity index (χ3v) is 8.50. The van der Waals surface area contributed by atoms with E-state index in [2.05, 4.69) is 25.1 Å². The fourth-order valence-electron chi connectivity index (χ4n) is 5.88. The van der Waals surface area contributed by atoms with E-state index in [4.69, 9.17) is 14.2 Å². The van der Waals surface area contributed by atoms with Crippen molar-refractivity contribution in [1.29, 1.82) is 0 Å². The number of aliphatic carboxylic acids is 1. The topological polar surface area (TPSA) is 114 Å². The van der Waals surface area contributed by atoms with Crippen LogP contribution in [0.2, 0.25) is 0 Å². The van der Waals surface area contributed by atoms with Crippen LogP contribution in [0.5, 0.6) is 5.75 Å². The normalized spacial score (nSPS) is 18.7. The van der Waals surface area contributed by atoms with Gasteiger partial charge in [0.1, 0.15) is 23.4 Å². The molecule has 2 N–H and O–H groups in total. The van der Waals surface area contributed by atoms with Crippen LogP contribution in [0.3, 0.4) is 0 Å². The Kier molecular flexibility index (Phi) is 12.4. The van der Waals surface area contributed by atoms with E-state index in [-0.39, 0.29) is 25.0 Å². The number of ether oxygens (including phenoxy) is 3. The number of nitrogens with zero attached hydrogens (tertiary/aromatic N) is 1. The third-order valence-electron chi connectivity index (χ3n) is 8.50. The highest BCUT2D eigenvalue weighted by Gasteiger charge is 2.51. The molecule has 3 atom stereocenters. The highest BCUT2D eigenvalue weighted by molar-refractivity contribution is 5.91. The number of unbranched alkanes of at least 4 members (excludes halogenated alkanes) is 3. The smallest absolute Gasteiger partial charge is 0.407 e. The summed E-state index contributed by atoms with van der Waals surface area (Å²) in [5.74, 6) is -0.923. The fraction of sp³-hybridized carbons (Fsp3) is 0.472. The number of carboxylic acids is 1. The van der Waals surface area contributed by atoms with Crippen LogP contribution in [0, 0.1) is 5.41 Å². The second-order valence-electron chi connectivity index (χ2n) is 12.4. The summed E-state index contributed by atoms with van der Waals surface area (Å²) in [6.07, 6.45) is 8.89. The summed E-state index contributed by atoms with van der Waals surface area (Å²) >= 11 is 0. The van der Waals surface area contributed by atoms with Crippen LogP contribution in [0.1, 0.15) is 69.9 Å². The van der Waals surface area contributed by atoms with E-state index in [9.17, 15) is 19.5 Å². The molecule has 0 aromatic heterocycles. The summed E-state index contributed by atoms with van der Waals surface area (Å²) in [6, 6.07) is 7.54. The number of nitrogens with one attached hydrogen (secondary N) is 1. The molecule has 0 aliphatic carbocycles. The molecule has 244 valence electrons. The maximum Gasteiger partial charge on any atom is 0.407 e. The number of carbonyl (C=O) groups excluding carboxylic acids is 2. The predicted octanol–water partition coefficient (Wildman–Crippen LogP) is 6.85. The average Bonchev–Trinajstić information content (AvgIpc) is 3.43. The van der Waals surface area contributed by atoms with Gasteiger partial charge < -0.3 is 29.5 Å². The summed E-state index contributed by atoms with van der Waals surface area (Å²) in [7, 11) is 3.13. The van der Waals surface area contributed by atoms with E-state index in [0.717, 1.165) is 41.2 Å². The Balaban J connectivity index is 1.91. The Morgan fingerprint density at radius 1 is 1.09 bits per heavy atom. The lowest BCUT2D eigenvalue weighted by molar-refractivity contribution is -0.149. The first kappa shape index (κ1) is 35.4. The first-order valence-electron chi connectivity index (χ1n) is 15.4. The fourth-order valence-corrected chi connectivity index (χ4v) is 5.88. The molecule has 2 amide bonds. The van der Waals surface area contributed by atoms with Crippen LogP contribution >= 0.6 is 0 Å². The molecule has 1 saturated heterocycles. The van der Waals surface area contributed by atoms with Gasteiger partial charge in [0.15, 0.2) is 0 Å². The summed E-state index contributed by atoms with van der Waals surface area (Å²) in [6.45, 7) is 15.4. The maximum atomic E-state index is 14.1. The van der Waals surface area contributed by atoms with E-state index in [0.29, 0.717) is 25.0 Å². The quantitative estimate of drug-likeness (QED) is 0.147. The van der Waals surface area contributed by atoms with Crippen molar-refractivity contribution < 1.29 is 33.7 Å². The number of methoxy groups -OCH3 is 2. The summed E-state index contributed by atoms with van der Waals surface area (Å²) in [5, 5.41) is 14.8. The standard InChI is InChI=1S/C36H48N2O7/c1-8-11-12-13-14-15-29(37-34(42)45-24-35(4,5)18-9-2)32(39)38-23-36(44-7,22-30(38)33(40)41)28-17-16-26-21-31(43-6)25(10-3)19-27(26)20-28/h8-10,16-17,19-21,29-30H,1-3,11-15,18,22-24H2,4-7H3,(H,37,42)(H,40,41)/t29?,30-,36-/m0/s1. The molecule has 0 spiro atoms. The molecule has 1 aliphatic rings. The minimum Gasteiger partial charge on any atom is -0.496 e. The van der Waals surface area contributed by atoms with Gasteiger partial charge >= 0.3 is 12.1 Å². The monoisotopic (exact) mass is 620 g/mol. The van der Waals surface area contributed by atoms with Crippen molar-refractivity contribution in [2.24, 2.45) is 5.41 Å². The molecule has 0 saturated carbocycles. The van der Waals surface area contributed by atoms with Gasteiger partial charge in [0.05, 0.1) is 20.3 Å². The van der Waals surface area contributed by atoms with Gasteiger partial charge in [-0.25, -0.2) is 9.59 Å². The van der Waals surface area contributed by atoms with Crippen molar-refractivity contribution in [2.45, 2.75) is 76.5 Å². The third kappa shape index (κ3) is 8.75. The first-order valence-corrected chi connectivity index (χ1v) is 15.4. The Labute approximate surface area is 266 Å². The Hall–Kier alpha value is -4.11. The van der Waals surface area contributed by atoms with E-state index >= 15 is 0 Å². The molecule has 1 unspecified atom stereocenters. The van der Waals surface area contributed by atoms with Gasteiger partial charge in [0, 0.05) is 24.5 Å². The average molecular weight is 621 g/mol. The maximum absolute atomic E-state index is 14.1. The summed E-state index contributed by atoms with van der Waals surface area (Å²) < 4.78 is 17.0. The number of amides is 2. The van der Waals surface area contributed by atoms with Crippen LogP contribution in [0.15, 0.2) is 62.2 Å². The molecule has 1 heterocycles. The molecule has 2 aromatic rings. The van der Waals surface area contributed by atoms with Crippen molar-refractivity contribution in [1.82, 2.24) is 10.2 Å². The van der Waals surface area contributed by atoms with Crippen LogP contribution < -0.4 is 10.1 Å². The highest BCUT2D eigenvalue weighted by atomic mass is 16.5. The van der Waals surface area contributed by atoms with Crippen LogP contribution in [0.4, 0.5) is 4.79 Å². The highest BCUT2D eigenvalue weighted by Crippen LogP contribution is 2.41. The summed E-state index contributed by atoms with van der Waals surface area (Å²) in [4.78, 5) is 40.9. The van der Waals surface area contributed by atoms with Gasteiger partial charge in [-0.15, -0.1) is 13.2 Å². The number of hydrogen-bond donors (Lipinski definition) is 2. The predicted molar refractivity (Wildman–Crippen MR) is 177 cm³/mol. The number of carboxylic acid groups (broad SMARTS) is 1. The van der Waals surface area contributed by atoms with E-state index < -0.39 is 35.7 Å². The van der Waals surface area contributed by atoms with Gasteiger partial charge in [0.2, 0.25) is 5.91 Å². The molecule has 1 fully saturated rings. The SMILES string of the molecule is C=CCCCCCC(NC(=O)OCC(C)(C)CC=C)C(=O)N1C[C@](OC)(c2ccc3cc(OC)c(C=C)cc3c2)C[C@H]1C(=O)O. The molecule has 45 heavy (non-hydrogen) atoms. The number of hydrogen-bond acceptors (Lipinski definition) is 6. The largest absolute Gasteiger partial charge is 0.496 e. The molecule has 9 heteroatoms. The van der Waals surface area contributed by atoms with Gasteiger partial charge in [-0.3, -0.25) is 4.79 Å². The second-order valence-corrected chi connectivity index (χ2v) is 12.4. The first-order chi connectivity index (χ1) is 21.4. The van der Waals surface area contributed by atoms with Crippen molar-refractivity contribution in [3.05, 3.63) is 73.3 Å². The van der Waals surface area contributed by atoms with E-state index in [1.807, 2.05) is 50.3 Å². The van der Waals surface area contributed by atoms with Gasteiger partial charge in [-0.05, 0) is 60.2 Å². The molecule has 0 bridgehead atoms. The molecular formula is C36H48N2O7.